The molecule has 14 heteroatoms. The molecule has 1 rings (SSSR count). The van der Waals surface area contributed by atoms with E-state index in [1.54, 1.807) is 6.92 Å². The molecule has 0 aromatic heterocycles. The van der Waals surface area contributed by atoms with E-state index in [2.05, 4.69) is 69.1 Å². The molecule has 1 aliphatic rings. The quantitative estimate of drug-likeness (QED) is 0.0304. The molecule has 0 heterocycles. The number of carbonyl (C=O) groups is 4. The van der Waals surface area contributed by atoms with Crippen LogP contribution in [0.25, 0.3) is 0 Å². The largest absolute Gasteiger partial charge is 0.481 e. The number of rotatable bonds is 25. The lowest BCUT2D eigenvalue weighted by Crippen LogP contribution is -2.24. The third-order valence-corrected chi connectivity index (χ3v) is 14.9. The van der Waals surface area contributed by atoms with E-state index < -0.39 is 50.3 Å². The molecule has 0 aromatic rings. The smallest absolute Gasteiger partial charge is 0.307 e. The molecule has 8 N–H and O–H groups in total. The Morgan fingerprint density at radius 2 is 1.23 bits per heavy atom. The van der Waals surface area contributed by atoms with Crippen molar-refractivity contribution in [2.45, 2.75) is 138 Å². The molecule has 1 aliphatic carbocycles. The van der Waals surface area contributed by atoms with Crippen LogP contribution in [0.1, 0.15) is 138 Å². The number of carbonyl (C=O) groups excluding carboxylic acids is 2. The van der Waals surface area contributed by atoms with Crippen molar-refractivity contribution in [2.75, 3.05) is 24.6 Å². The molecule has 0 aliphatic heterocycles. The Labute approximate surface area is 342 Å². The molecule has 0 saturated heterocycles. The van der Waals surface area contributed by atoms with Crippen molar-refractivity contribution < 1.29 is 48.3 Å². The number of aliphatic carboxylic acids is 2. The maximum atomic E-state index is 12.5. The fraction of sp³-hybridized carbons (Fsp3) is 0.721. The highest BCUT2D eigenvalue weighted by molar-refractivity contribution is 7.58. The maximum absolute atomic E-state index is 12.5. The second kappa shape index (κ2) is 30.6. The predicted octanol–water partition coefficient (Wildman–Crippen LogP) is 7.34. The fourth-order valence-electron chi connectivity index (χ4n) is 6.76. The van der Waals surface area contributed by atoms with Crippen molar-refractivity contribution in [2.24, 2.45) is 46.5 Å². The first-order valence-electron chi connectivity index (χ1n) is 20.1. The van der Waals surface area contributed by atoms with Gasteiger partial charge in [0.2, 0.25) is 26.6 Å². The number of nitrogens with two attached hydrogens (primary N) is 2. The number of primary amides is 2. The van der Waals surface area contributed by atoms with E-state index >= 15 is 0 Å². The summed E-state index contributed by atoms with van der Waals surface area (Å²) >= 11 is 0. The van der Waals surface area contributed by atoms with E-state index in [0.29, 0.717) is 23.7 Å². The molecular weight excluding hydrogens is 766 g/mol. The molecule has 12 nitrogen and oxygen atoms in total. The zero-order valence-electron chi connectivity index (χ0n) is 35.2. The molecule has 2 amide bonds. The van der Waals surface area contributed by atoms with Gasteiger partial charge >= 0.3 is 11.9 Å². The van der Waals surface area contributed by atoms with Crippen LogP contribution in [0.3, 0.4) is 0 Å². The molecule has 0 bridgehead atoms. The van der Waals surface area contributed by atoms with Crippen LogP contribution in [0.5, 0.6) is 0 Å². The molecule has 1 fully saturated rings. The Morgan fingerprint density at radius 3 is 1.67 bits per heavy atom. The number of terminal acetylenes is 1. The number of amides is 2. The lowest BCUT2D eigenvalue weighted by atomic mass is 9.74. The zero-order chi connectivity index (χ0) is 44.1. The maximum Gasteiger partial charge on any atom is 0.307 e. The first kappa shape index (κ1) is 55.6. The van der Waals surface area contributed by atoms with Crippen molar-refractivity contribution in [3.05, 3.63) is 0 Å². The summed E-state index contributed by atoms with van der Waals surface area (Å²) < 4.78 is 24.6. The van der Waals surface area contributed by atoms with Gasteiger partial charge in [-0.3, -0.25) is 28.3 Å². The van der Waals surface area contributed by atoms with Gasteiger partial charge in [-0.05, 0) is 111 Å². The third-order valence-electron chi connectivity index (χ3n) is 10.6. The molecule has 7 unspecified atom stereocenters. The van der Waals surface area contributed by atoms with Gasteiger partial charge in [0.1, 0.15) is 0 Å². The number of carboxylic acid groups (broad SMARTS) is 2. The topological polar surface area (TPSA) is 235 Å². The van der Waals surface area contributed by atoms with E-state index in [-0.39, 0.29) is 56.2 Å². The van der Waals surface area contributed by atoms with Crippen molar-refractivity contribution in [1.82, 2.24) is 0 Å². The fourth-order valence-corrected chi connectivity index (χ4v) is 11.0. The first-order valence-corrected chi connectivity index (χ1v) is 24.1. The van der Waals surface area contributed by atoms with Crippen LogP contribution in [-0.2, 0) is 28.3 Å². The van der Waals surface area contributed by atoms with E-state index in [4.69, 9.17) is 23.0 Å². The van der Waals surface area contributed by atoms with Crippen molar-refractivity contribution in [1.29, 1.82) is 0 Å². The van der Waals surface area contributed by atoms with Gasteiger partial charge in [-0.2, -0.15) is 0 Å². The van der Waals surface area contributed by atoms with E-state index in [9.17, 15) is 43.2 Å². The van der Waals surface area contributed by atoms with Crippen LogP contribution < -0.4 is 11.5 Å². The Morgan fingerprint density at radius 1 is 0.754 bits per heavy atom. The molecule has 57 heavy (non-hydrogen) atoms. The standard InChI is InChI=1S/C19H36NO5P.C15H30NO5P.C9H4/c1-13(5-8-16-9-6-14(2)19(16,3)4)11-26(24,25)12-15(18(22)23)7-10-17(20)21;1-2-3-4-5-6-7-8-11-22(20,21)12-13(15(18)19)9-10-14(16)17;1-3-5-7-9-8-6-4-2/h13-16H,5-12H2,1-4H3,(H2,20,21)(H,22,23)(H,24,25);13H,2-12H2,1H3,(H2,16,17)(H,18,19)(H,20,21);1H,2H3. The van der Waals surface area contributed by atoms with Gasteiger partial charge in [0, 0.05) is 37.5 Å². The van der Waals surface area contributed by atoms with Gasteiger partial charge in [-0.15, -0.1) is 6.42 Å². The molecule has 0 radical (unpaired) electrons. The Bertz CT molecular complexity index is 1590. The molecule has 1 saturated carbocycles. The molecule has 0 aromatic carbocycles. The monoisotopic (exact) mass is 836 g/mol. The van der Waals surface area contributed by atoms with E-state index in [1.165, 1.54) is 32.1 Å². The van der Waals surface area contributed by atoms with Crippen molar-refractivity contribution in [3.63, 3.8) is 0 Å². The Balaban J connectivity index is 0. The predicted molar refractivity (Wildman–Crippen MR) is 228 cm³/mol. The normalized spacial score (nSPS) is 18.6. The van der Waals surface area contributed by atoms with Gasteiger partial charge in [-0.1, -0.05) is 79.1 Å². The minimum Gasteiger partial charge on any atom is -0.481 e. The van der Waals surface area contributed by atoms with Crippen molar-refractivity contribution in [3.8, 4) is 47.9 Å². The third kappa shape index (κ3) is 29.4. The summed E-state index contributed by atoms with van der Waals surface area (Å²) in [5.41, 5.74) is 10.4. The van der Waals surface area contributed by atoms with Crippen LogP contribution in [0, 0.1) is 82.9 Å². The number of unbranched alkanes of at least 4 members (excludes halogenated alkanes) is 6. The van der Waals surface area contributed by atoms with Crippen LogP contribution in [0.2, 0.25) is 0 Å². The number of hydrogen-bond acceptors (Lipinski definition) is 6. The van der Waals surface area contributed by atoms with Gasteiger partial charge in [0.15, 0.2) is 0 Å². The summed E-state index contributed by atoms with van der Waals surface area (Å²) in [7, 11) is -7.01. The molecular formula is C43H70N2O10P2. The summed E-state index contributed by atoms with van der Waals surface area (Å²) in [6.45, 7) is 12.7. The SMILES string of the molecule is C#CC#CC#CC#CC.CC(CCC1CCC(C)C1(C)C)CP(=O)(O)CC(CCC(N)=O)C(=O)O.CCCCCCCCCP(=O)(O)CC(CCC(N)=O)C(=O)O. The van der Waals surface area contributed by atoms with Gasteiger partial charge in [0.05, 0.1) is 11.8 Å². The highest BCUT2D eigenvalue weighted by atomic mass is 31.2. The molecule has 322 valence electrons. The van der Waals surface area contributed by atoms with Crippen molar-refractivity contribution >= 4 is 38.5 Å². The van der Waals surface area contributed by atoms with Crippen LogP contribution in [0.15, 0.2) is 0 Å². The summed E-state index contributed by atoms with van der Waals surface area (Å²) in [6.07, 6.45) is 16.1. The Hall–Kier alpha value is -3.50. The molecule has 7 atom stereocenters. The lowest BCUT2D eigenvalue weighted by molar-refractivity contribution is -0.142. The summed E-state index contributed by atoms with van der Waals surface area (Å²) in [5.74, 6) is 12.9. The van der Waals surface area contributed by atoms with Crippen LogP contribution in [0.4, 0.5) is 0 Å². The van der Waals surface area contributed by atoms with E-state index in [1.807, 2.05) is 6.92 Å². The average molecular weight is 837 g/mol. The number of hydrogen-bond donors (Lipinski definition) is 6. The van der Waals surface area contributed by atoms with Crippen LogP contribution in [-0.4, -0.2) is 68.4 Å². The van der Waals surface area contributed by atoms with Gasteiger partial charge in [0.25, 0.3) is 0 Å². The molecule has 0 spiro atoms. The summed E-state index contributed by atoms with van der Waals surface area (Å²) in [5, 5.41) is 18.3. The lowest BCUT2D eigenvalue weighted by Gasteiger charge is -2.32. The zero-order valence-corrected chi connectivity index (χ0v) is 37.0. The summed E-state index contributed by atoms with van der Waals surface area (Å²) in [6, 6.07) is 0. The minimum atomic E-state index is -3.56. The summed E-state index contributed by atoms with van der Waals surface area (Å²) in [4.78, 5) is 64.1. The second-order valence-electron chi connectivity index (χ2n) is 15.9. The van der Waals surface area contributed by atoms with Gasteiger partial charge < -0.3 is 31.5 Å². The van der Waals surface area contributed by atoms with E-state index in [0.717, 1.165) is 32.1 Å². The number of carboxylic acids is 2. The average Bonchev–Trinajstić information content (AvgIpc) is 3.37. The van der Waals surface area contributed by atoms with Crippen LogP contribution >= 0.6 is 14.7 Å². The first-order chi connectivity index (χ1) is 26.5. The highest BCUT2D eigenvalue weighted by Crippen LogP contribution is 2.51. The second-order valence-corrected chi connectivity index (χ2v) is 20.8. The minimum absolute atomic E-state index is 0.0117. The Kier molecular flexibility index (Phi) is 29.8. The highest BCUT2D eigenvalue weighted by Gasteiger charge is 2.40. The van der Waals surface area contributed by atoms with Gasteiger partial charge in [-0.25, -0.2) is 0 Å².